The molecule has 9 nitrogen and oxygen atoms in total. The van der Waals surface area contributed by atoms with Crippen molar-refractivity contribution in [2.45, 2.75) is 103 Å². The van der Waals surface area contributed by atoms with Crippen LogP contribution in [-0.4, -0.2) is 90.8 Å². The second-order valence-electron chi connectivity index (χ2n) is 14.4. The zero-order chi connectivity index (χ0) is 28.2. The van der Waals surface area contributed by atoms with Gasteiger partial charge in [0.1, 0.15) is 12.0 Å². The summed E-state index contributed by atoms with van der Waals surface area (Å²) in [6.07, 6.45) is 7.89. The molecule has 3 fully saturated rings. The summed E-state index contributed by atoms with van der Waals surface area (Å²) in [4.78, 5) is 22.1. The van der Waals surface area contributed by atoms with Gasteiger partial charge in [0.2, 0.25) is 0 Å². The smallest absolute Gasteiger partial charge is 0.320 e. The molecule has 1 N–H and O–H groups in total. The van der Waals surface area contributed by atoms with E-state index in [-0.39, 0.29) is 34.7 Å². The molecule has 3 saturated heterocycles. The monoisotopic (exact) mass is 539 g/mol. The molecule has 5 heterocycles. The van der Waals surface area contributed by atoms with E-state index in [2.05, 4.69) is 84.6 Å². The summed E-state index contributed by atoms with van der Waals surface area (Å²) in [5.74, 6) is 0.916. The van der Waals surface area contributed by atoms with E-state index in [0.717, 1.165) is 57.6 Å². The second-order valence-corrected chi connectivity index (χ2v) is 14.4. The minimum absolute atomic E-state index is 0.0289. The zero-order valence-electron chi connectivity index (χ0n) is 25.3. The first-order valence-corrected chi connectivity index (χ1v) is 14.8. The topological polar surface area (TPSA) is 84.7 Å². The van der Waals surface area contributed by atoms with Gasteiger partial charge in [-0.2, -0.15) is 5.10 Å². The number of likely N-dealkylation sites (tertiary alicyclic amines) is 2. The Morgan fingerprint density at radius 2 is 1.56 bits per heavy atom. The van der Waals surface area contributed by atoms with Crippen LogP contribution in [0.1, 0.15) is 97.6 Å². The molecule has 2 aromatic rings. The lowest BCUT2D eigenvalue weighted by atomic mass is 9.80. The molecule has 0 radical (unpaired) electrons. The number of nitrogens with zero attached hydrogens (tertiary/aromatic N) is 6. The zero-order valence-corrected chi connectivity index (χ0v) is 25.3. The van der Waals surface area contributed by atoms with Gasteiger partial charge in [0.05, 0.1) is 17.8 Å². The van der Waals surface area contributed by atoms with Gasteiger partial charge in [0.15, 0.2) is 0 Å². The molecule has 4 unspecified atom stereocenters. The lowest BCUT2D eigenvalue weighted by Gasteiger charge is -2.45. The fourth-order valence-electron chi connectivity index (χ4n) is 7.92. The molecule has 5 rings (SSSR count). The van der Waals surface area contributed by atoms with Crippen LogP contribution < -0.4 is 0 Å². The lowest BCUT2D eigenvalue weighted by Crippen LogP contribution is -2.49. The van der Waals surface area contributed by atoms with E-state index in [1.165, 1.54) is 5.69 Å². The van der Waals surface area contributed by atoms with Crippen LogP contribution in [0.3, 0.4) is 0 Å². The van der Waals surface area contributed by atoms with Crippen LogP contribution in [-0.2, 0) is 0 Å². The number of H-pyrrole nitrogens is 1. The third kappa shape index (κ3) is 5.36. The summed E-state index contributed by atoms with van der Waals surface area (Å²) in [5, 5.41) is 12.1. The predicted octanol–water partition coefficient (Wildman–Crippen LogP) is 5.33. The van der Waals surface area contributed by atoms with Gasteiger partial charge in [-0.1, -0.05) is 5.16 Å². The fraction of sp³-hybridized carbons (Fsp3) is 0.767. The number of hydrogen-bond donors (Lipinski definition) is 1. The first kappa shape index (κ1) is 28.1. The number of carbonyl (C=O) groups is 1. The lowest BCUT2D eigenvalue weighted by molar-refractivity contribution is 0.0413. The number of urea groups is 1. The standard InChI is InChI=1S/C30H49N7O2/c1-28(2,3)35-14-10-22(26(35)24-12-18-39-33-24)19-29(4,5)36-15-11-21(25(36)23-9-13-31-32-23)20-30(6,7)37-17-16-34(8)27(37)38/h9,12-13,18,21-22,25-26H,10-11,14-17,19-20H2,1-8H3,(H,31,32). The van der Waals surface area contributed by atoms with Gasteiger partial charge in [0.25, 0.3) is 0 Å². The van der Waals surface area contributed by atoms with E-state index < -0.39 is 0 Å². The number of carbonyl (C=O) groups excluding carboxylic acids is 1. The van der Waals surface area contributed by atoms with Crippen molar-refractivity contribution < 1.29 is 9.32 Å². The molecule has 3 aliphatic heterocycles. The normalized spacial score (nSPS) is 27.8. The van der Waals surface area contributed by atoms with Crippen molar-refractivity contribution in [3.8, 4) is 0 Å². The van der Waals surface area contributed by atoms with Gasteiger partial charge in [-0.25, -0.2) is 4.79 Å². The van der Waals surface area contributed by atoms with Crippen LogP contribution in [0.2, 0.25) is 0 Å². The number of aromatic amines is 1. The Morgan fingerprint density at radius 3 is 2.13 bits per heavy atom. The highest BCUT2D eigenvalue weighted by Gasteiger charge is 2.50. The SMILES string of the molecule is CN1CCN(C(C)(C)CC2CCN(C(C)(C)CC3CCN(C(C)(C)C)C3c3ccon3)C2c2ccn[nH]2)C1=O. The number of rotatable bonds is 8. The average Bonchev–Trinajstić information content (AvgIpc) is 3.65. The minimum Gasteiger partial charge on any atom is -0.364 e. The van der Waals surface area contributed by atoms with E-state index in [1.54, 1.807) is 6.26 Å². The van der Waals surface area contributed by atoms with E-state index >= 15 is 0 Å². The summed E-state index contributed by atoms with van der Waals surface area (Å²) < 4.78 is 5.32. The molecule has 4 atom stereocenters. The summed E-state index contributed by atoms with van der Waals surface area (Å²) in [6.45, 7) is 19.9. The summed E-state index contributed by atoms with van der Waals surface area (Å²) in [7, 11) is 1.90. The Kier molecular flexibility index (Phi) is 7.38. The Balaban J connectivity index is 1.38. The van der Waals surface area contributed by atoms with Crippen LogP contribution in [0.4, 0.5) is 4.79 Å². The van der Waals surface area contributed by atoms with Gasteiger partial charge in [-0.15, -0.1) is 0 Å². The number of hydrogen-bond acceptors (Lipinski definition) is 6. The largest absolute Gasteiger partial charge is 0.364 e. The number of aromatic nitrogens is 3. The highest BCUT2D eigenvalue weighted by atomic mass is 16.5. The van der Waals surface area contributed by atoms with Crippen LogP contribution >= 0.6 is 0 Å². The molecule has 0 spiro atoms. The predicted molar refractivity (Wildman–Crippen MR) is 152 cm³/mol. The van der Waals surface area contributed by atoms with Gasteiger partial charge >= 0.3 is 6.03 Å². The summed E-state index contributed by atoms with van der Waals surface area (Å²) in [6, 6.07) is 4.83. The van der Waals surface area contributed by atoms with Gasteiger partial charge < -0.3 is 14.3 Å². The Morgan fingerprint density at radius 1 is 0.897 bits per heavy atom. The Hall–Kier alpha value is -2.39. The summed E-state index contributed by atoms with van der Waals surface area (Å²) in [5.41, 5.74) is 2.06. The van der Waals surface area contributed by atoms with Gasteiger partial charge in [-0.05, 0) is 105 Å². The number of nitrogens with one attached hydrogen (secondary N) is 1. The van der Waals surface area contributed by atoms with Crippen molar-refractivity contribution in [1.29, 1.82) is 0 Å². The van der Waals surface area contributed by atoms with E-state index in [1.807, 2.05) is 24.2 Å². The van der Waals surface area contributed by atoms with Crippen LogP contribution in [0.25, 0.3) is 0 Å². The maximum absolute atomic E-state index is 12.9. The second kappa shape index (κ2) is 10.2. The van der Waals surface area contributed by atoms with Crippen LogP contribution in [0, 0.1) is 11.8 Å². The van der Waals surface area contributed by atoms with Crippen molar-refractivity contribution >= 4 is 6.03 Å². The molecule has 2 amide bonds. The van der Waals surface area contributed by atoms with E-state index in [4.69, 9.17) is 4.52 Å². The van der Waals surface area contributed by atoms with Crippen LogP contribution in [0.5, 0.6) is 0 Å². The summed E-state index contributed by atoms with van der Waals surface area (Å²) >= 11 is 0. The van der Waals surface area contributed by atoms with Crippen molar-refractivity contribution in [2.75, 3.05) is 33.2 Å². The average molecular weight is 540 g/mol. The highest BCUT2D eigenvalue weighted by Crippen LogP contribution is 2.50. The maximum Gasteiger partial charge on any atom is 0.320 e. The molecule has 0 aromatic carbocycles. The fourth-order valence-corrected chi connectivity index (χ4v) is 7.92. The highest BCUT2D eigenvalue weighted by molar-refractivity contribution is 5.77. The van der Waals surface area contributed by atoms with Gasteiger partial charge in [-0.3, -0.25) is 14.9 Å². The molecule has 9 heteroatoms. The molecule has 2 aromatic heterocycles. The maximum atomic E-state index is 12.9. The van der Waals surface area contributed by atoms with Gasteiger partial charge in [0, 0.05) is 49.0 Å². The molecule has 0 saturated carbocycles. The minimum atomic E-state index is -0.207. The third-order valence-electron chi connectivity index (χ3n) is 9.76. The quantitative estimate of drug-likeness (QED) is 0.488. The molecule has 0 bridgehead atoms. The van der Waals surface area contributed by atoms with Crippen molar-refractivity contribution in [3.05, 3.63) is 36.0 Å². The number of likely N-dealkylation sites (N-methyl/N-ethyl adjacent to an activating group) is 1. The van der Waals surface area contributed by atoms with E-state index in [0.29, 0.717) is 11.8 Å². The molecule has 0 aliphatic carbocycles. The van der Waals surface area contributed by atoms with Crippen molar-refractivity contribution in [2.24, 2.45) is 11.8 Å². The van der Waals surface area contributed by atoms with Crippen molar-refractivity contribution in [1.82, 2.24) is 35.0 Å². The van der Waals surface area contributed by atoms with E-state index in [9.17, 15) is 4.79 Å². The first-order valence-electron chi connectivity index (χ1n) is 14.8. The molecule has 216 valence electrons. The molecular formula is C30H49N7O2. The first-order chi connectivity index (χ1) is 18.3. The Bertz CT molecular complexity index is 1110. The molecule has 3 aliphatic rings. The molecule has 39 heavy (non-hydrogen) atoms. The van der Waals surface area contributed by atoms with Crippen LogP contribution in [0.15, 0.2) is 29.1 Å². The number of amides is 2. The van der Waals surface area contributed by atoms with Crippen molar-refractivity contribution in [3.63, 3.8) is 0 Å². The molecular weight excluding hydrogens is 490 g/mol. The Labute approximate surface area is 234 Å². The third-order valence-corrected chi connectivity index (χ3v) is 9.76.